The Morgan fingerprint density at radius 2 is 2.00 bits per heavy atom. The number of nitrogens with zero attached hydrogens (tertiary/aromatic N) is 1. The van der Waals surface area contributed by atoms with Gasteiger partial charge in [-0.05, 0) is 18.1 Å². The van der Waals surface area contributed by atoms with Crippen LogP contribution in [0.5, 0.6) is 11.5 Å². The molecule has 1 aromatic carbocycles. The molecule has 86 valence electrons. The topological polar surface area (TPSA) is 71.4 Å². The molecule has 3 rings (SSSR count). The fourth-order valence-electron chi connectivity index (χ4n) is 2.05. The maximum absolute atomic E-state index is 11.6. The number of nitriles is 1. The summed E-state index contributed by atoms with van der Waals surface area (Å²) in [5.74, 6) is 0.454. The van der Waals surface area contributed by atoms with Crippen LogP contribution in [0.25, 0.3) is 0 Å². The normalized spacial score (nSPS) is 21.1. The first-order valence-electron chi connectivity index (χ1n) is 5.41. The van der Waals surface area contributed by atoms with E-state index in [0.717, 1.165) is 5.56 Å². The Morgan fingerprint density at radius 3 is 2.71 bits per heavy atom. The molecule has 0 spiro atoms. The standard InChI is InChI=1S/C12H10N2O3/c13-6-8-3-7-4-10-11(17-2-1-16-10)5-9(7)14-12(8)15/h4-5,8H,1-3H2,(H,14,15). The molecule has 17 heavy (non-hydrogen) atoms. The summed E-state index contributed by atoms with van der Waals surface area (Å²) in [6.07, 6.45) is 0.425. The summed E-state index contributed by atoms with van der Waals surface area (Å²) < 4.78 is 10.9. The van der Waals surface area contributed by atoms with Gasteiger partial charge in [0, 0.05) is 11.8 Å². The van der Waals surface area contributed by atoms with Gasteiger partial charge >= 0.3 is 0 Å². The largest absolute Gasteiger partial charge is 0.486 e. The summed E-state index contributed by atoms with van der Waals surface area (Å²) in [5.41, 5.74) is 1.63. The predicted octanol–water partition coefficient (Wildman–Crippen LogP) is 1.09. The molecular weight excluding hydrogens is 220 g/mol. The molecule has 1 amide bonds. The molecule has 1 aromatic rings. The second-order valence-electron chi connectivity index (χ2n) is 4.03. The van der Waals surface area contributed by atoms with Gasteiger partial charge < -0.3 is 14.8 Å². The molecule has 0 aliphatic carbocycles. The van der Waals surface area contributed by atoms with Crippen molar-refractivity contribution >= 4 is 11.6 Å². The molecule has 0 saturated carbocycles. The first-order chi connectivity index (χ1) is 8.28. The number of rotatable bonds is 0. The maximum Gasteiger partial charge on any atom is 0.242 e. The Kier molecular flexibility index (Phi) is 2.15. The molecule has 5 nitrogen and oxygen atoms in total. The Morgan fingerprint density at radius 1 is 1.29 bits per heavy atom. The number of anilines is 1. The van der Waals surface area contributed by atoms with E-state index in [4.69, 9.17) is 14.7 Å². The van der Waals surface area contributed by atoms with Crippen molar-refractivity contribution in [2.75, 3.05) is 18.5 Å². The SMILES string of the molecule is N#CC1Cc2cc3c(cc2NC1=O)OCCO3. The smallest absolute Gasteiger partial charge is 0.242 e. The molecule has 5 heteroatoms. The first kappa shape index (κ1) is 9.97. The van der Waals surface area contributed by atoms with Crippen molar-refractivity contribution in [3.63, 3.8) is 0 Å². The van der Waals surface area contributed by atoms with Crippen LogP contribution in [0.4, 0.5) is 5.69 Å². The minimum atomic E-state index is -0.620. The van der Waals surface area contributed by atoms with Gasteiger partial charge in [-0.3, -0.25) is 4.79 Å². The monoisotopic (exact) mass is 230 g/mol. The second-order valence-corrected chi connectivity index (χ2v) is 4.03. The van der Waals surface area contributed by atoms with Gasteiger partial charge in [0.2, 0.25) is 5.91 Å². The average molecular weight is 230 g/mol. The first-order valence-corrected chi connectivity index (χ1v) is 5.41. The van der Waals surface area contributed by atoms with Crippen LogP contribution >= 0.6 is 0 Å². The van der Waals surface area contributed by atoms with Crippen LogP contribution in [0.15, 0.2) is 12.1 Å². The Labute approximate surface area is 97.9 Å². The van der Waals surface area contributed by atoms with Gasteiger partial charge in [-0.25, -0.2) is 0 Å². The summed E-state index contributed by atoms with van der Waals surface area (Å²) >= 11 is 0. The van der Waals surface area contributed by atoms with Crippen molar-refractivity contribution in [1.29, 1.82) is 5.26 Å². The number of carbonyl (C=O) groups is 1. The van der Waals surface area contributed by atoms with E-state index in [2.05, 4.69) is 5.32 Å². The molecule has 2 aliphatic rings. The maximum atomic E-state index is 11.6. The zero-order valence-electron chi connectivity index (χ0n) is 9.03. The number of amides is 1. The highest BCUT2D eigenvalue weighted by atomic mass is 16.6. The predicted molar refractivity (Wildman–Crippen MR) is 58.9 cm³/mol. The lowest BCUT2D eigenvalue weighted by Crippen LogP contribution is -2.29. The number of fused-ring (bicyclic) bond motifs is 2. The van der Waals surface area contributed by atoms with E-state index in [0.29, 0.717) is 36.8 Å². The van der Waals surface area contributed by atoms with Crippen LogP contribution in [0.2, 0.25) is 0 Å². The van der Waals surface area contributed by atoms with Gasteiger partial charge in [0.15, 0.2) is 11.5 Å². The third kappa shape index (κ3) is 1.58. The van der Waals surface area contributed by atoms with Crippen LogP contribution in [-0.4, -0.2) is 19.1 Å². The van der Waals surface area contributed by atoms with Crippen molar-refractivity contribution in [2.24, 2.45) is 5.92 Å². The third-order valence-corrected chi connectivity index (χ3v) is 2.92. The minimum Gasteiger partial charge on any atom is -0.486 e. The van der Waals surface area contributed by atoms with E-state index in [1.807, 2.05) is 12.1 Å². The van der Waals surface area contributed by atoms with Crippen LogP contribution < -0.4 is 14.8 Å². The Balaban J connectivity index is 2.03. The number of ether oxygens (including phenoxy) is 2. The molecule has 1 unspecified atom stereocenters. The van der Waals surface area contributed by atoms with Crippen molar-refractivity contribution < 1.29 is 14.3 Å². The Hall–Kier alpha value is -2.22. The summed E-state index contributed by atoms with van der Waals surface area (Å²) in [6, 6.07) is 5.59. The fourth-order valence-corrected chi connectivity index (χ4v) is 2.05. The molecule has 0 bridgehead atoms. The van der Waals surface area contributed by atoms with Gasteiger partial charge in [-0.2, -0.15) is 5.26 Å². The van der Waals surface area contributed by atoms with Crippen molar-refractivity contribution in [3.05, 3.63) is 17.7 Å². The molecule has 1 N–H and O–H groups in total. The Bertz CT molecular complexity index is 533. The van der Waals surface area contributed by atoms with Crippen molar-refractivity contribution in [1.82, 2.24) is 0 Å². The molecular formula is C12H10N2O3. The van der Waals surface area contributed by atoms with Crippen molar-refractivity contribution in [3.8, 4) is 17.6 Å². The zero-order valence-corrected chi connectivity index (χ0v) is 9.03. The third-order valence-electron chi connectivity index (χ3n) is 2.92. The minimum absolute atomic E-state index is 0.253. The van der Waals surface area contributed by atoms with Crippen LogP contribution in [0.1, 0.15) is 5.56 Å². The highest BCUT2D eigenvalue weighted by Gasteiger charge is 2.28. The molecule has 0 fully saturated rings. The highest BCUT2D eigenvalue weighted by molar-refractivity contribution is 5.97. The lowest BCUT2D eigenvalue weighted by molar-refractivity contribution is -0.118. The summed E-state index contributed by atoms with van der Waals surface area (Å²) in [5, 5.41) is 11.6. The van der Waals surface area contributed by atoms with E-state index in [1.165, 1.54) is 0 Å². The molecule has 0 radical (unpaired) electrons. The molecule has 0 saturated heterocycles. The van der Waals surface area contributed by atoms with Crippen molar-refractivity contribution in [2.45, 2.75) is 6.42 Å². The van der Waals surface area contributed by atoms with Crippen LogP contribution in [0, 0.1) is 17.2 Å². The molecule has 2 aliphatic heterocycles. The number of benzene rings is 1. The van der Waals surface area contributed by atoms with Crippen LogP contribution in [0.3, 0.4) is 0 Å². The second kappa shape index (κ2) is 3.67. The quantitative estimate of drug-likeness (QED) is 0.724. The van der Waals surface area contributed by atoms with Gasteiger partial charge in [0.1, 0.15) is 19.1 Å². The number of nitrogens with one attached hydrogen (secondary N) is 1. The van der Waals surface area contributed by atoms with E-state index >= 15 is 0 Å². The van der Waals surface area contributed by atoms with Gasteiger partial charge in [-0.15, -0.1) is 0 Å². The van der Waals surface area contributed by atoms with E-state index in [9.17, 15) is 4.79 Å². The molecule has 1 atom stereocenters. The summed E-state index contributed by atoms with van der Waals surface area (Å²) in [7, 11) is 0. The van der Waals surface area contributed by atoms with E-state index in [1.54, 1.807) is 6.07 Å². The number of hydrogen-bond donors (Lipinski definition) is 1. The molecule has 0 aromatic heterocycles. The van der Waals surface area contributed by atoms with Gasteiger partial charge in [0.25, 0.3) is 0 Å². The van der Waals surface area contributed by atoms with E-state index in [-0.39, 0.29) is 5.91 Å². The molecule has 2 heterocycles. The average Bonchev–Trinajstić information content (AvgIpc) is 2.35. The van der Waals surface area contributed by atoms with Gasteiger partial charge in [0.05, 0.1) is 6.07 Å². The summed E-state index contributed by atoms with van der Waals surface area (Å²) in [6.45, 7) is 1.04. The number of hydrogen-bond acceptors (Lipinski definition) is 4. The summed E-state index contributed by atoms with van der Waals surface area (Å²) in [4.78, 5) is 11.6. The van der Waals surface area contributed by atoms with Crippen LogP contribution in [-0.2, 0) is 11.2 Å². The highest BCUT2D eigenvalue weighted by Crippen LogP contribution is 2.38. The van der Waals surface area contributed by atoms with E-state index < -0.39 is 5.92 Å². The lowest BCUT2D eigenvalue weighted by Gasteiger charge is -2.25. The number of carbonyl (C=O) groups excluding carboxylic acids is 1. The van der Waals surface area contributed by atoms with Gasteiger partial charge in [-0.1, -0.05) is 0 Å². The fraction of sp³-hybridized carbons (Fsp3) is 0.333. The zero-order chi connectivity index (χ0) is 11.8. The lowest BCUT2D eigenvalue weighted by atomic mass is 9.94.